The first-order chi connectivity index (χ1) is 7.29. The fourth-order valence-electron chi connectivity index (χ4n) is 0.973. The Balaban J connectivity index is 2.13. The molecule has 0 fully saturated rings. The van der Waals surface area contributed by atoms with Crippen LogP contribution in [-0.4, -0.2) is 31.9 Å². The van der Waals surface area contributed by atoms with E-state index in [1.165, 1.54) is 0 Å². The molecule has 2 rings (SSSR count). The Labute approximate surface area is 84.8 Å². The number of aromatic amines is 1. The van der Waals surface area contributed by atoms with Crippen LogP contribution in [0.3, 0.4) is 0 Å². The molecule has 0 saturated carbocycles. The van der Waals surface area contributed by atoms with E-state index in [2.05, 4.69) is 25.3 Å². The van der Waals surface area contributed by atoms with Crippen molar-refractivity contribution in [3.05, 3.63) is 5.82 Å². The molecule has 0 bridgehead atoms. The summed E-state index contributed by atoms with van der Waals surface area (Å²) >= 11 is 0. The lowest BCUT2D eigenvalue weighted by Crippen LogP contribution is -1.93. The summed E-state index contributed by atoms with van der Waals surface area (Å²) in [5, 5.41) is 9.91. The zero-order valence-electron chi connectivity index (χ0n) is 8.10. The zero-order chi connectivity index (χ0) is 10.7. The number of nitrogens with two attached hydrogens (primary N) is 1. The number of aromatic nitrogens is 5. The van der Waals surface area contributed by atoms with Gasteiger partial charge in [-0.3, -0.25) is 5.10 Å². The number of rotatable bonds is 4. The maximum absolute atomic E-state index is 5.33. The number of hydrogen-bond donors (Lipinski definition) is 2. The Morgan fingerprint density at radius 1 is 1.47 bits per heavy atom. The Morgan fingerprint density at radius 3 is 3.00 bits per heavy atom. The average molecular weight is 210 g/mol. The van der Waals surface area contributed by atoms with Crippen LogP contribution in [0, 0.1) is 0 Å². The van der Waals surface area contributed by atoms with Crippen molar-refractivity contribution in [2.75, 3.05) is 12.3 Å². The third-order valence-electron chi connectivity index (χ3n) is 1.61. The Hall–Kier alpha value is -1.96. The molecule has 0 amide bonds. The summed E-state index contributed by atoms with van der Waals surface area (Å²) < 4.78 is 10.0. The molecule has 2 heterocycles. The van der Waals surface area contributed by atoms with Crippen molar-refractivity contribution in [3.63, 3.8) is 0 Å². The molecule has 0 radical (unpaired) electrons. The molecular formula is C7H10N6O2. The van der Waals surface area contributed by atoms with Gasteiger partial charge >= 0.3 is 0 Å². The summed E-state index contributed by atoms with van der Waals surface area (Å²) in [7, 11) is 0. The number of hydrogen-bond acceptors (Lipinski definition) is 7. The SMILES string of the molecule is CCOCc1noc(-c2nc(N)n[nH]2)n1. The number of nitrogens with one attached hydrogen (secondary N) is 1. The molecular weight excluding hydrogens is 200 g/mol. The number of nitrogens with zero attached hydrogens (tertiary/aromatic N) is 4. The second-order valence-electron chi connectivity index (χ2n) is 2.70. The van der Waals surface area contributed by atoms with E-state index in [1.54, 1.807) is 0 Å². The van der Waals surface area contributed by atoms with Crippen molar-refractivity contribution in [3.8, 4) is 11.7 Å². The lowest BCUT2D eigenvalue weighted by atomic mass is 10.6. The molecule has 0 spiro atoms. The highest BCUT2D eigenvalue weighted by Gasteiger charge is 2.12. The summed E-state index contributed by atoms with van der Waals surface area (Å²) in [6.45, 7) is 2.79. The van der Waals surface area contributed by atoms with Gasteiger partial charge in [0.1, 0.15) is 6.61 Å². The molecule has 0 aliphatic rings. The molecule has 8 heteroatoms. The van der Waals surface area contributed by atoms with Gasteiger partial charge < -0.3 is 15.0 Å². The smallest absolute Gasteiger partial charge is 0.295 e. The molecule has 2 aromatic rings. The van der Waals surface area contributed by atoms with Crippen LogP contribution < -0.4 is 5.73 Å². The monoisotopic (exact) mass is 210 g/mol. The Morgan fingerprint density at radius 2 is 2.33 bits per heavy atom. The van der Waals surface area contributed by atoms with Gasteiger partial charge in [0.2, 0.25) is 11.8 Å². The van der Waals surface area contributed by atoms with Crippen LogP contribution in [0.15, 0.2) is 4.52 Å². The summed E-state index contributed by atoms with van der Waals surface area (Å²) in [5.41, 5.74) is 5.33. The van der Waals surface area contributed by atoms with E-state index < -0.39 is 0 Å². The van der Waals surface area contributed by atoms with Gasteiger partial charge in [-0.25, -0.2) is 0 Å². The summed E-state index contributed by atoms with van der Waals surface area (Å²) in [6.07, 6.45) is 0. The zero-order valence-corrected chi connectivity index (χ0v) is 8.10. The van der Waals surface area contributed by atoms with E-state index >= 15 is 0 Å². The van der Waals surface area contributed by atoms with Gasteiger partial charge in [-0.05, 0) is 6.92 Å². The van der Waals surface area contributed by atoms with Gasteiger partial charge in [0.15, 0.2) is 5.82 Å². The molecule has 2 aromatic heterocycles. The molecule has 0 saturated heterocycles. The van der Waals surface area contributed by atoms with E-state index in [0.717, 1.165) is 0 Å². The summed E-state index contributed by atoms with van der Waals surface area (Å²) in [5.74, 6) is 1.19. The van der Waals surface area contributed by atoms with E-state index in [9.17, 15) is 0 Å². The van der Waals surface area contributed by atoms with Gasteiger partial charge in [-0.15, -0.1) is 5.10 Å². The Kier molecular flexibility index (Phi) is 2.59. The predicted octanol–water partition coefficient (Wildman–Crippen LogP) is -0.0266. The quantitative estimate of drug-likeness (QED) is 0.727. The van der Waals surface area contributed by atoms with E-state index in [1.807, 2.05) is 6.92 Å². The van der Waals surface area contributed by atoms with Gasteiger partial charge in [-0.1, -0.05) is 5.16 Å². The second-order valence-corrected chi connectivity index (χ2v) is 2.70. The van der Waals surface area contributed by atoms with Crippen LogP contribution in [0.2, 0.25) is 0 Å². The van der Waals surface area contributed by atoms with Crippen LogP contribution in [-0.2, 0) is 11.3 Å². The lowest BCUT2D eigenvalue weighted by molar-refractivity contribution is 0.126. The van der Waals surface area contributed by atoms with Gasteiger partial charge in [0.05, 0.1) is 0 Å². The van der Waals surface area contributed by atoms with Crippen molar-refractivity contribution >= 4 is 5.95 Å². The topological polar surface area (TPSA) is 116 Å². The first kappa shape index (κ1) is 9.59. The lowest BCUT2D eigenvalue weighted by Gasteiger charge is -1.91. The molecule has 0 unspecified atom stereocenters. The minimum absolute atomic E-state index is 0.134. The van der Waals surface area contributed by atoms with E-state index in [-0.39, 0.29) is 11.8 Å². The molecule has 0 atom stereocenters. The van der Waals surface area contributed by atoms with Crippen LogP contribution in [0.4, 0.5) is 5.95 Å². The van der Waals surface area contributed by atoms with Crippen LogP contribution in [0.25, 0.3) is 11.7 Å². The first-order valence-electron chi connectivity index (χ1n) is 4.38. The van der Waals surface area contributed by atoms with Crippen molar-refractivity contribution < 1.29 is 9.26 Å². The fraction of sp³-hybridized carbons (Fsp3) is 0.429. The highest BCUT2D eigenvalue weighted by Crippen LogP contribution is 2.12. The first-order valence-corrected chi connectivity index (χ1v) is 4.38. The molecule has 15 heavy (non-hydrogen) atoms. The minimum Gasteiger partial charge on any atom is -0.374 e. The number of anilines is 1. The average Bonchev–Trinajstić information content (AvgIpc) is 2.83. The van der Waals surface area contributed by atoms with Crippen molar-refractivity contribution in [1.29, 1.82) is 0 Å². The third kappa shape index (κ3) is 2.10. The maximum atomic E-state index is 5.33. The standard InChI is InChI=1S/C7H10N6O2/c1-2-14-3-4-9-6(15-13-4)5-10-7(8)12-11-5/h2-3H2,1H3,(H3,8,10,11,12). The minimum atomic E-state index is 0.134. The fourth-order valence-corrected chi connectivity index (χ4v) is 0.973. The molecule has 0 aliphatic heterocycles. The van der Waals surface area contributed by atoms with Crippen molar-refractivity contribution in [2.24, 2.45) is 0 Å². The normalized spacial score (nSPS) is 10.7. The summed E-state index contributed by atoms with van der Waals surface area (Å²) in [6, 6.07) is 0. The van der Waals surface area contributed by atoms with E-state index in [4.69, 9.17) is 15.0 Å². The van der Waals surface area contributed by atoms with Crippen molar-refractivity contribution in [2.45, 2.75) is 13.5 Å². The number of nitrogen functional groups attached to an aromatic ring is 1. The van der Waals surface area contributed by atoms with Gasteiger partial charge in [-0.2, -0.15) is 9.97 Å². The van der Waals surface area contributed by atoms with Crippen LogP contribution >= 0.6 is 0 Å². The summed E-state index contributed by atoms with van der Waals surface area (Å²) in [4.78, 5) is 7.89. The molecule has 0 aliphatic carbocycles. The van der Waals surface area contributed by atoms with E-state index in [0.29, 0.717) is 24.9 Å². The highest BCUT2D eigenvalue weighted by molar-refractivity contribution is 5.41. The molecule has 8 nitrogen and oxygen atoms in total. The van der Waals surface area contributed by atoms with Crippen LogP contribution in [0.1, 0.15) is 12.7 Å². The highest BCUT2D eigenvalue weighted by atomic mass is 16.5. The second kappa shape index (κ2) is 4.05. The predicted molar refractivity (Wildman–Crippen MR) is 49.4 cm³/mol. The third-order valence-corrected chi connectivity index (χ3v) is 1.61. The maximum Gasteiger partial charge on any atom is 0.295 e. The number of ether oxygens (including phenoxy) is 1. The molecule has 80 valence electrons. The van der Waals surface area contributed by atoms with Gasteiger partial charge in [0.25, 0.3) is 5.89 Å². The molecule has 3 N–H and O–H groups in total. The molecule has 0 aromatic carbocycles. The number of H-pyrrole nitrogens is 1. The van der Waals surface area contributed by atoms with Crippen LogP contribution in [0.5, 0.6) is 0 Å². The van der Waals surface area contributed by atoms with Crippen molar-refractivity contribution in [1.82, 2.24) is 25.3 Å². The Bertz CT molecular complexity index is 436. The van der Waals surface area contributed by atoms with Gasteiger partial charge in [0, 0.05) is 6.61 Å². The largest absolute Gasteiger partial charge is 0.374 e.